The minimum absolute atomic E-state index is 0.128. The number of rotatable bonds is 7. The quantitative estimate of drug-likeness (QED) is 0.303. The van der Waals surface area contributed by atoms with Gasteiger partial charge >= 0.3 is 5.97 Å². The van der Waals surface area contributed by atoms with Gasteiger partial charge < -0.3 is 10.4 Å². The first-order valence-electron chi connectivity index (χ1n) is 11.6. The highest BCUT2D eigenvalue weighted by Crippen LogP contribution is 2.35. The highest BCUT2D eigenvalue weighted by atomic mass is 16.4. The molecule has 0 atom stereocenters. The van der Waals surface area contributed by atoms with E-state index in [-0.39, 0.29) is 16.4 Å². The Morgan fingerprint density at radius 1 is 0.618 bits per heavy atom. The summed E-state index contributed by atoms with van der Waals surface area (Å²) in [7, 11) is 0. The average molecular weight is 450 g/mol. The van der Waals surface area contributed by atoms with E-state index < -0.39 is 5.97 Å². The lowest BCUT2D eigenvalue weighted by Gasteiger charge is -2.27. The molecule has 0 aliphatic rings. The van der Waals surface area contributed by atoms with Gasteiger partial charge in [0.1, 0.15) is 0 Å². The van der Waals surface area contributed by atoms with Gasteiger partial charge in [-0.05, 0) is 46.5 Å². The molecule has 0 radical (unpaired) electrons. The second-order valence-corrected chi connectivity index (χ2v) is 9.75. The summed E-state index contributed by atoms with van der Waals surface area (Å²) in [6, 6.07) is 34.5. The van der Waals surface area contributed by atoms with Gasteiger partial charge in [0.2, 0.25) is 0 Å². The predicted octanol–water partition coefficient (Wildman–Crippen LogP) is 7.78. The van der Waals surface area contributed by atoms with Crippen LogP contribution >= 0.6 is 0 Å². The molecule has 2 N–H and O–H groups in total. The van der Waals surface area contributed by atoms with Crippen molar-refractivity contribution in [3.63, 3.8) is 0 Å². The molecule has 3 nitrogen and oxygen atoms in total. The van der Waals surface area contributed by atoms with Crippen molar-refractivity contribution in [2.75, 3.05) is 5.32 Å². The van der Waals surface area contributed by atoms with Crippen molar-refractivity contribution in [3.05, 3.63) is 131 Å². The third kappa shape index (κ3) is 4.60. The number of carbonyl (C=O) groups is 1. The normalized spacial score (nSPS) is 11.8. The monoisotopic (exact) mass is 449 g/mol. The van der Waals surface area contributed by atoms with Crippen LogP contribution in [0.1, 0.15) is 60.3 Å². The topological polar surface area (TPSA) is 49.3 Å². The Morgan fingerprint density at radius 3 is 1.56 bits per heavy atom. The van der Waals surface area contributed by atoms with E-state index in [1.54, 1.807) is 6.07 Å². The average Bonchev–Trinajstić information content (AvgIpc) is 2.85. The lowest BCUT2D eigenvalue weighted by molar-refractivity contribution is 0.0698. The number of benzene rings is 4. The van der Waals surface area contributed by atoms with E-state index in [1.165, 1.54) is 11.1 Å². The van der Waals surface area contributed by atoms with E-state index in [1.807, 2.05) is 48.5 Å². The molecular formula is C31H31NO2. The first kappa shape index (κ1) is 23.3. The van der Waals surface area contributed by atoms with Gasteiger partial charge in [0, 0.05) is 16.5 Å². The Kier molecular flexibility index (Phi) is 6.30. The van der Waals surface area contributed by atoms with Crippen LogP contribution in [0, 0.1) is 0 Å². The van der Waals surface area contributed by atoms with Crippen LogP contribution in [0.25, 0.3) is 0 Å². The summed E-state index contributed by atoms with van der Waals surface area (Å²) < 4.78 is 0. The smallest absolute Gasteiger partial charge is 0.337 e. The van der Waals surface area contributed by atoms with Gasteiger partial charge in [-0.2, -0.15) is 0 Å². The van der Waals surface area contributed by atoms with Gasteiger partial charge in [-0.3, -0.25) is 0 Å². The molecule has 0 saturated heterocycles. The number of nitrogens with one attached hydrogen (secondary N) is 1. The van der Waals surface area contributed by atoms with E-state index in [2.05, 4.69) is 81.5 Å². The molecule has 0 saturated carbocycles. The zero-order valence-electron chi connectivity index (χ0n) is 20.2. The molecule has 0 aliphatic carbocycles. The van der Waals surface area contributed by atoms with Crippen LogP contribution in [0.15, 0.2) is 103 Å². The van der Waals surface area contributed by atoms with E-state index in [4.69, 9.17) is 0 Å². The zero-order chi connectivity index (χ0) is 24.3. The molecule has 0 bridgehead atoms. The molecule has 4 aromatic carbocycles. The molecule has 3 heteroatoms. The maximum atomic E-state index is 12.1. The summed E-state index contributed by atoms with van der Waals surface area (Å²) >= 11 is 0. The van der Waals surface area contributed by atoms with Crippen LogP contribution in [0.5, 0.6) is 0 Å². The maximum absolute atomic E-state index is 12.1. The highest BCUT2D eigenvalue weighted by Gasteiger charge is 2.25. The van der Waals surface area contributed by atoms with E-state index in [0.717, 1.165) is 16.8 Å². The first-order chi connectivity index (χ1) is 16.2. The standard InChI is InChI=1S/C31H31NO2/c1-30(2,22-11-7-5-8-12-22)24-15-18-26(19-16-24)32-28-20-17-25(21-27(28)29(33)34)31(3,4)23-13-9-6-10-14-23/h5-21,32H,1-4H3,(H,33,34). The fourth-order valence-electron chi connectivity index (χ4n) is 4.39. The van der Waals surface area contributed by atoms with Crippen LogP contribution in [0.4, 0.5) is 11.4 Å². The molecule has 0 unspecified atom stereocenters. The summed E-state index contributed by atoms with van der Waals surface area (Å²) in [6.45, 7) is 8.65. The fourth-order valence-corrected chi connectivity index (χ4v) is 4.39. The van der Waals surface area contributed by atoms with Gasteiger partial charge in [0.15, 0.2) is 0 Å². The second kappa shape index (κ2) is 9.18. The molecule has 0 aromatic heterocycles. The number of carboxylic acid groups (broad SMARTS) is 1. The molecule has 0 fully saturated rings. The van der Waals surface area contributed by atoms with E-state index in [0.29, 0.717) is 5.69 Å². The van der Waals surface area contributed by atoms with Crippen molar-refractivity contribution in [1.82, 2.24) is 0 Å². The third-order valence-electron chi connectivity index (χ3n) is 6.85. The van der Waals surface area contributed by atoms with Gasteiger partial charge in [0.25, 0.3) is 0 Å². The van der Waals surface area contributed by atoms with E-state index >= 15 is 0 Å². The number of anilines is 2. The molecule has 0 amide bonds. The van der Waals surface area contributed by atoms with Gasteiger partial charge in [-0.15, -0.1) is 0 Å². The van der Waals surface area contributed by atoms with Gasteiger partial charge in [-0.25, -0.2) is 4.79 Å². The molecule has 0 aliphatic heterocycles. The fraction of sp³-hybridized carbons (Fsp3) is 0.194. The van der Waals surface area contributed by atoms with Crippen molar-refractivity contribution < 1.29 is 9.90 Å². The van der Waals surface area contributed by atoms with Gasteiger partial charge in [0.05, 0.1) is 11.3 Å². The Morgan fingerprint density at radius 2 is 1.06 bits per heavy atom. The second-order valence-electron chi connectivity index (χ2n) is 9.75. The van der Waals surface area contributed by atoms with Crippen molar-refractivity contribution >= 4 is 17.3 Å². The predicted molar refractivity (Wildman–Crippen MR) is 140 cm³/mol. The van der Waals surface area contributed by atoms with Crippen LogP contribution < -0.4 is 5.32 Å². The van der Waals surface area contributed by atoms with Crippen LogP contribution in [-0.2, 0) is 10.8 Å². The zero-order valence-corrected chi connectivity index (χ0v) is 20.2. The Hall–Kier alpha value is -3.85. The highest BCUT2D eigenvalue weighted by molar-refractivity contribution is 5.95. The number of carboxylic acids is 1. The van der Waals surface area contributed by atoms with Crippen molar-refractivity contribution in [1.29, 1.82) is 0 Å². The number of aromatic carboxylic acids is 1. The maximum Gasteiger partial charge on any atom is 0.337 e. The van der Waals surface area contributed by atoms with Crippen LogP contribution in [0.3, 0.4) is 0 Å². The van der Waals surface area contributed by atoms with Crippen molar-refractivity contribution in [2.45, 2.75) is 38.5 Å². The summed E-state index contributed by atoms with van der Waals surface area (Å²) in [5.41, 5.74) is 5.80. The first-order valence-corrected chi connectivity index (χ1v) is 11.6. The lowest BCUT2D eigenvalue weighted by atomic mass is 9.77. The molecule has 172 valence electrons. The minimum Gasteiger partial charge on any atom is -0.478 e. The molecular weight excluding hydrogens is 418 g/mol. The molecule has 0 heterocycles. The van der Waals surface area contributed by atoms with Crippen molar-refractivity contribution in [3.8, 4) is 0 Å². The minimum atomic E-state index is -0.949. The largest absolute Gasteiger partial charge is 0.478 e. The third-order valence-corrected chi connectivity index (χ3v) is 6.85. The SMILES string of the molecule is CC(C)(c1ccccc1)c1ccc(Nc2ccc(C(C)(C)c3ccccc3)cc2C(=O)O)cc1. The van der Waals surface area contributed by atoms with Crippen LogP contribution in [0.2, 0.25) is 0 Å². The summed E-state index contributed by atoms with van der Waals surface area (Å²) in [5.74, 6) is -0.949. The molecule has 34 heavy (non-hydrogen) atoms. The molecule has 4 aromatic rings. The lowest BCUT2D eigenvalue weighted by Crippen LogP contribution is -2.20. The molecule has 4 rings (SSSR count). The van der Waals surface area contributed by atoms with Gasteiger partial charge in [-0.1, -0.05) is 107 Å². The van der Waals surface area contributed by atoms with Crippen LogP contribution in [-0.4, -0.2) is 11.1 Å². The Balaban J connectivity index is 1.61. The Labute approximate surface area is 202 Å². The summed E-state index contributed by atoms with van der Waals surface area (Å²) in [4.78, 5) is 12.1. The van der Waals surface area contributed by atoms with E-state index in [9.17, 15) is 9.90 Å². The Bertz CT molecular complexity index is 1270. The summed E-state index contributed by atoms with van der Waals surface area (Å²) in [6.07, 6.45) is 0. The summed E-state index contributed by atoms with van der Waals surface area (Å²) in [5, 5.41) is 13.3. The van der Waals surface area contributed by atoms with Crippen molar-refractivity contribution in [2.24, 2.45) is 0 Å². The number of hydrogen-bond donors (Lipinski definition) is 2. The molecule has 0 spiro atoms. The number of hydrogen-bond acceptors (Lipinski definition) is 2.